The molecule has 1 N–H and O–H groups in total. The summed E-state index contributed by atoms with van der Waals surface area (Å²) in [5.74, 6) is -1.61. The van der Waals surface area contributed by atoms with Crippen LogP contribution in [-0.2, 0) is 19.1 Å². The number of hydrogen-bond acceptors (Lipinski definition) is 6. The fourth-order valence-electron chi connectivity index (χ4n) is 7.69. The number of thioether (sulfide) groups is 1. The lowest BCUT2D eigenvalue weighted by Gasteiger charge is -2.46. The highest BCUT2D eigenvalue weighted by molar-refractivity contribution is 8.02. The summed E-state index contributed by atoms with van der Waals surface area (Å²) in [6.45, 7) is 21.7. The minimum atomic E-state index is -0.659. The number of esters is 1. The van der Waals surface area contributed by atoms with Gasteiger partial charge in [-0.2, -0.15) is 0 Å². The zero-order valence-corrected chi connectivity index (χ0v) is 26.5. The molecule has 3 aliphatic heterocycles. The Morgan fingerprint density at radius 3 is 2.40 bits per heavy atom. The zero-order valence-electron chi connectivity index (χ0n) is 25.7. The third kappa shape index (κ3) is 6.33. The Balaban J connectivity index is 2.02. The van der Waals surface area contributed by atoms with Gasteiger partial charge in [0.15, 0.2) is 0 Å². The molecule has 0 aromatic heterocycles. The first-order valence-electron chi connectivity index (χ1n) is 15.0. The molecule has 7 nitrogen and oxygen atoms in total. The van der Waals surface area contributed by atoms with Gasteiger partial charge < -0.3 is 19.6 Å². The average molecular weight is 577 g/mol. The SMILES string of the molecule is C=CCCOC(=O)[C@H]1[C@H]2C(=O)N(CCCCCCO)C(C(=O)N(CC=C)C(C)(C)CC(C)(C)C)C23CC[C@]1(C)S3. The van der Waals surface area contributed by atoms with Gasteiger partial charge in [0.05, 0.1) is 23.2 Å². The Labute approximate surface area is 246 Å². The van der Waals surface area contributed by atoms with Gasteiger partial charge in [0.2, 0.25) is 11.8 Å². The van der Waals surface area contributed by atoms with Crippen molar-refractivity contribution < 1.29 is 24.2 Å². The molecule has 0 radical (unpaired) electrons. The largest absolute Gasteiger partial charge is 0.465 e. The summed E-state index contributed by atoms with van der Waals surface area (Å²) >= 11 is 1.69. The highest BCUT2D eigenvalue weighted by Gasteiger charge is 2.77. The van der Waals surface area contributed by atoms with Crippen molar-refractivity contribution in [2.75, 3.05) is 26.3 Å². The monoisotopic (exact) mass is 576 g/mol. The van der Waals surface area contributed by atoms with Crippen LogP contribution in [0.25, 0.3) is 0 Å². The molecule has 1 spiro atoms. The van der Waals surface area contributed by atoms with Crippen LogP contribution >= 0.6 is 11.8 Å². The number of ether oxygens (including phenoxy) is 1. The number of nitrogens with zero attached hydrogens (tertiary/aromatic N) is 2. The van der Waals surface area contributed by atoms with Crippen LogP contribution in [0.4, 0.5) is 0 Å². The summed E-state index contributed by atoms with van der Waals surface area (Å²) in [4.78, 5) is 46.3. The van der Waals surface area contributed by atoms with E-state index in [9.17, 15) is 19.5 Å². The molecule has 8 heteroatoms. The molecule has 40 heavy (non-hydrogen) atoms. The van der Waals surface area contributed by atoms with Crippen molar-refractivity contribution in [3.8, 4) is 0 Å². The van der Waals surface area contributed by atoms with Gasteiger partial charge in [-0.25, -0.2) is 0 Å². The van der Waals surface area contributed by atoms with Crippen molar-refractivity contribution in [1.82, 2.24) is 9.80 Å². The Bertz CT molecular complexity index is 975. The number of rotatable bonds is 15. The number of fused-ring (bicyclic) bond motifs is 1. The van der Waals surface area contributed by atoms with E-state index in [0.29, 0.717) is 19.5 Å². The van der Waals surface area contributed by atoms with Crippen LogP contribution in [0.1, 0.15) is 92.9 Å². The lowest BCUT2D eigenvalue weighted by atomic mass is 9.66. The molecule has 0 aliphatic carbocycles. The minimum absolute atomic E-state index is 0.00373. The van der Waals surface area contributed by atoms with Gasteiger partial charge in [-0.1, -0.05) is 45.8 Å². The maximum Gasteiger partial charge on any atom is 0.311 e. The van der Waals surface area contributed by atoms with E-state index in [1.54, 1.807) is 28.8 Å². The van der Waals surface area contributed by atoms with Crippen LogP contribution in [-0.4, -0.2) is 80.1 Å². The number of unbranched alkanes of at least 4 members (excludes halogenated alkanes) is 3. The lowest BCUT2D eigenvalue weighted by molar-refractivity contribution is -0.155. The van der Waals surface area contributed by atoms with Crippen molar-refractivity contribution >= 4 is 29.5 Å². The third-order valence-electron chi connectivity index (χ3n) is 8.91. The zero-order chi connectivity index (χ0) is 29.9. The molecule has 0 saturated carbocycles. The molecule has 3 heterocycles. The Kier molecular flexibility index (Phi) is 10.3. The Hall–Kier alpha value is -1.80. The maximum atomic E-state index is 14.8. The maximum absolute atomic E-state index is 14.8. The topological polar surface area (TPSA) is 87.1 Å². The molecule has 3 aliphatic rings. The highest BCUT2D eigenvalue weighted by atomic mass is 32.2. The van der Waals surface area contributed by atoms with Gasteiger partial charge in [0.1, 0.15) is 6.04 Å². The molecule has 0 aromatic carbocycles. The minimum Gasteiger partial charge on any atom is -0.465 e. The number of carbonyl (C=O) groups excluding carboxylic acids is 3. The second-order valence-electron chi connectivity index (χ2n) is 13.9. The fourth-order valence-corrected chi connectivity index (χ4v) is 10.0. The molecule has 3 saturated heterocycles. The Morgan fingerprint density at radius 1 is 1.12 bits per heavy atom. The number of hydrogen-bond donors (Lipinski definition) is 1. The molecule has 5 atom stereocenters. The number of carbonyl (C=O) groups is 3. The van der Waals surface area contributed by atoms with Crippen LogP contribution in [0, 0.1) is 17.3 Å². The first-order valence-corrected chi connectivity index (χ1v) is 15.8. The van der Waals surface area contributed by atoms with E-state index in [4.69, 9.17) is 4.74 Å². The molecule has 2 amide bonds. The first-order chi connectivity index (χ1) is 18.7. The van der Waals surface area contributed by atoms with Crippen LogP contribution in [0.3, 0.4) is 0 Å². The summed E-state index contributed by atoms with van der Waals surface area (Å²) < 4.78 is 4.56. The molecular weight excluding hydrogens is 524 g/mol. The van der Waals surface area contributed by atoms with E-state index in [-0.39, 0.29) is 36.4 Å². The molecule has 3 fully saturated rings. The normalized spacial score (nSPS) is 29.4. The van der Waals surface area contributed by atoms with Crippen molar-refractivity contribution in [3.05, 3.63) is 25.3 Å². The van der Waals surface area contributed by atoms with Gasteiger partial charge in [-0.05, 0) is 64.7 Å². The number of aliphatic hydroxyl groups excluding tert-OH is 1. The van der Waals surface area contributed by atoms with E-state index in [1.165, 1.54) is 0 Å². The standard InChI is InChI=1S/C32H52N2O5S/c1-9-11-21-39-28(38)24-23-26(36)33(19-14-12-13-15-20-35)25(32(23)17-16-31(24,8)40-32)27(37)34(18-10-2)30(6,7)22-29(3,4)5/h9-10,23-25,35H,1-2,11-22H2,3-8H3/t23-,24+,25?,31-,32?/m0/s1. The molecule has 2 unspecified atom stereocenters. The van der Waals surface area contributed by atoms with Crippen LogP contribution in [0.15, 0.2) is 25.3 Å². The second-order valence-corrected chi connectivity index (χ2v) is 15.8. The van der Waals surface area contributed by atoms with E-state index >= 15 is 0 Å². The van der Waals surface area contributed by atoms with Gasteiger partial charge in [-0.15, -0.1) is 24.9 Å². The number of amides is 2. The predicted molar refractivity (Wildman–Crippen MR) is 162 cm³/mol. The summed E-state index contributed by atoms with van der Waals surface area (Å²) in [6.07, 6.45) is 9.55. The van der Waals surface area contributed by atoms with Gasteiger partial charge in [-0.3, -0.25) is 14.4 Å². The van der Waals surface area contributed by atoms with Crippen molar-refractivity contribution in [2.45, 2.75) is 114 Å². The average Bonchev–Trinajstić information content (AvgIpc) is 3.41. The van der Waals surface area contributed by atoms with Crippen LogP contribution in [0.5, 0.6) is 0 Å². The molecule has 226 valence electrons. The van der Waals surface area contributed by atoms with Crippen molar-refractivity contribution in [3.63, 3.8) is 0 Å². The second kappa shape index (κ2) is 12.6. The van der Waals surface area contributed by atoms with Gasteiger partial charge in [0, 0.05) is 30.0 Å². The number of aliphatic hydroxyl groups is 1. The van der Waals surface area contributed by atoms with E-state index in [0.717, 1.165) is 44.9 Å². The summed E-state index contributed by atoms with van der Waals surface area (Å²) in [6, 6.07) is -0.639. The fraction of sp³-hybridized carbons (Fsp3) is 0.781. The van der Waals surface area contributed by atoms with Crippen molar-refractivity contribution in [2.24, 2.45) is 17.3 Å². The molecular formula is C32H52N2O5S. The van der Waals surface area contributed by atoms with Gasteiger partial charge >= 0.3 is 5.97 Å². The lowest BCUT2D eigenvalue weighted by Crippen LogP contribution is -2.60. The predicted octanol–water partition coefficient (Wildman–Crippen LogP) is 5.37. The van der Waals surface area contributed by atoms with E-state index < -0.39 is 32.9 Å². The van der Waals surface area contributed by atoms with Crippen LogP contribution < -0.4 is 0 Å². The van der Waals surface area contributed by atoms with E-state index in [1.807, 2.05) is 4.90 Å². The molecule has 3 rings (SSSR count). The quantitative estimate of drug-likeness (QED) is 0.160. The van der Waals surface area contributed by atoms with Crippen LogP contribution in [0.2, 0.25) is 0 Å². The number of likely N-dealkylation sites (tertiary alicyclic amines) is 1. The molecule has 0 aromatic rings. The van der Waals surface area contributed by atoms with Crippen molar-refractivity contribution in [1.29, 1.82) is 0 Å². The van der Waals surface area contributed by atoms with E-state index in [2.05, 4.69) is 54.7 Å². The smallest absolute Gasteiger partial charge is 0.311 e. The summed E-state index contributed by atoms with van der Waals surface area (Å²) in [5, 5.41) is 9.19. The van der Waals surface area contributed by atoms with Gasteiger partial charge in [0.25, 0.3) is 0 Å². The molecule has 2 bridgehead atoms. The Morgan fingerprint density at radius 2 is 1.80 bits per heavy atom. The highest BCUT2D eigenvalue weighted by Crippen LogP contribution is 2.71. The summed E-state index contributed by atoms with van der Waals surface area (Å²) in [7, 11) is 0. The third-order valence-corrected chi connectivity index (χ3v) is 10.9. The summed E-state index contributed by atoms with van der Waals surface area (Å²) in [5.41, 5.74) is -0.460. The first kappa shape index (κ1) is 32.7.